The minimum Gasteiger partial charge on any atom is -0.441 e. The Bertz CT molecular complexity index is 188. The smallest absolute Gasteiger partial charge is 0.404 e. The fourth-order valence-electron chi connectivity index (χ4n) is 1.06. The first-order chi connectivity index (χ1) is 6.26. The first kappa shape index (κ1) is 13.2. The molecular formula is C9H19NO4. The second-order valence-electron chi connectivity index (χ2n) is 4.09. The summed E-state index contributed by atoms with van der Waals surface area (Å²) < 4.78 is 10.2. The molecule has 0 spiro atoms. The van der Waals surface area contributed by atoms with Gasteiger partial charge in [-0.1, -0.05) is 0 Å². The van der Waals surface area contributed by atoms with Gasteiger partial charge < -0.3 is 20.3 Å². The van der Waals surface area contributed by atoms with Crippen LogP contribution in [0.15, 0.2) is 0 Å². The van der Waals surface area contributed by atoms with Crippen LogP contribution in [0.4, 0.5) is 4.79 Å². The Balaban J connectivity index is 4.17. The average molecular weight is 205 g/mol. The SMILES string of the molecule is C[C@H](OC(C)(C)C)[C@@H](CO)OC(N)=O. The van der Waals surface area contributed by atoms with Crippen molar-refractivity contribution in [3.8, 4) is 0 Å². The van der Waals surface area contributed by atoms with Gasteiger partial charge >= 0.3 is 6.09 Å². The molecular weight excluding hydrogens is 186 g/mol. The van der Waals surface area contributed by atoms with Crippen molar-refractivity contribution < 1.29 is 19.4 Å². The molecule has 0 aliphatic heterocycles. The van der Waals surface area contributed by atoms with Crippen molar-refractivity contribution in [2.45, 2.75) is 45.5 Å². The fraction of sp³-hybridized carbons (Fsp3) is 0.889. The normalized spacial score (nSPS) is 16.1. The molecule has 3 N–H and O–H groups in total. The Hall–Kier alpha value is -0.810. The minimum absolute atomic E-state index is 0.305. The van der Waals surface area contributed by atoms with Gasteiger partial charge in [0.1, 0.15) is 0 Å². The van der Waals surface area contributed by atoms with Gasteiger partial charge in [-0.25, -0.2) is 4.79 Å². The number of rotatable bonds is 4. The van der Waals surface area contributed by atoms with Crippen molar-refractivity contribution in [1.29, 1.82) is 0 Å². The molecule has 2 atom stereocenters. The molecule has 0 rings (SSSR count). The first-order valence-electron chi connectivity index (χ1n) is 4.51. The van der Waals surface area contributed by atoms with Gasteiger partial charge in [-0.05, 0) is 27.7 Å². The Morgan fingerprint density at radius 2 is 2.00 bits per heavy atom. The summed E-state index contributed by atoms with van der Waals surface area (Å²) in [6.07, 6.45) is -2.02. The molecule has 5 heteroatoms. The van der Waals surface area contributed by atoms with Crippen LogP contribution in [0.1, 0.15) is 27.7 Å². The number of carbonyl (C=O) groups excluding carboxylic acids is 1. The van der Waals surface area contributed by atoms with E-state index >= 15 is 0 Å². The Kier molecular flexibility index (Phi) is 4.87. The summed E-state index contributed by atoms with van der Waals surface area (Å²) in [4.78, 5) is 10.5. The predicted molar refractivity (Wildman–Crippen MR) is 51.8 cm³/mol. The van der Waals surface area contributed by atoms with Crippen LogP contribution >= 0.6 is 0 Å². The van der Waals surface area contributed by atoms with Crippen LogP contribution in [0.25, 0.3) is 0 Å². The molecule has 0 aromatic carbocycles. The second-order valence-corrected chi connectivity index (χ2v) is 4.09. The molecule has 0 radical (unpaired) electrons. The Morgan fingerprint density at radius 3 is 2.29 bits per heavy atom. The summed E-state index contributed by atoms with van der Waals surface area (Å²) in [5, 5.41) is 8.93. The van der Waals surface area contributed by atoms with Crippen LogP contribution in [-0.4, -0.2) is 35.6 Å². The molecule has 0 aliphatic carbocycles. The van der Waals surface area contributed by atoms with Gasteiger partial charge in [0.2, 0.25) is 0 Å². The number of amides is 1. The van der Waals surface area contributed by atoms with Crippen LogP contribution in [0.5, 0.6) is 0 Å². The van der Waals surface area contributed by atoms with E-state index in [0.29, 0.717) is 0 Å². The quantitative estimate of drug-likeness (QED) is 0.705. The molecule has 1 amide bonds. The van der Waals surface area contributed by atoms with E-state index in [1.807, 2.05) is 20.8 Å². The van der Waals surface area contributed by atoms with Crippen molar-refractivity contribution in [3.05, 3.63) is 0 Å². The molecule has 5 nitrogen and oxygen atoms in total. The molecule has 0 bridgehead atoms. The lowest BCUT2D eigenvalue weighted by molar-refractivity contribution is -0.113. The van der Waals surface area contributed by atoms with Crippen molar-refractivity contribution in [2.24, 2.45) is 5.73 Å². The van der Waals surface area contributed by atoms with Gasteiger partial charge in [-0.3, -0.25) is 0 Å². The molecule has 0 unspecified atom stereocenters. The highest BCUT2D eigenvalue weighted by molar-refractivity contribution is 5.64. The lowest BCUT2D eigenvalue weighted by Gasteiger charge is -2.29. The van der Waals surface area contributed by atoms with Gasteiger partial charge in [0.05, 0.1) is 18.3 Å². The highest BCUT2D eigenvalue weighted by Gasteiger charge is 2.25. The Labute approximate surface area is 84.2 Å². The maximum absolute atomic E-state index is 10.5. The van der Waals surface area contributed by atoms with Gasteiger partial charge in [0, 0.05) is 0 Å². The summed E-state index contributed by atoms with van der Waals surface area (Å²) in [5.74, 6) is 0. The second kappa shape index (κ2) is 5.17. The summed E-state index contributed by atoms with van der Waals surface area (Å²) in [5.41, 5.74) is 4.49. The van der Waals surface area contributed by atoms with Crippen molar-refractivity contribution in [3.63, 3.8) is 0 Å². The zero-order valence-corrected chi connectivity index (χ0v) is 9.11. The van der Waals surface area contributed by atoms with E-state index in [9.17, 15) is 4.79 Å². The molecule has 0 fully saturated rings. The number of hydrogen-bond acceptors (Lipinski definition) is 4. The molecule has 0 heterocycles. The zero-order chi connectivity index (χ0) is 11.4. The number of ether oxygens (including phenoxy) is 2. The number of aliphatic hydroxyl groups is 1. The van der Waals surface area contributed by atoms with Gasteiger partial charge in [0.15, 0.2) is 6.10 Å². The van der Waals surface area contributed by atoms with Crippen molar-refractivity contribution in [2.75, 3.05) is 6.61 Å². The summed E-state index contributed by atoms with van der Waals surface area (Å²) >= 11 is 0. The zero-order valence-electron chi connectivity index (χ0n) is 9.11. The molecule has 0 saturated carbocycles. The van der Waals surface area contributed by atoms with Gasteiger partial charge in [0.25, 0.3) is 0 Å². The van der Waals surface area contributed by atoms with Gasteiger partial charge in [-0.15, -0.1) is 0 Å². The summed E-state index contributed by atoms with van der Waals surface area (Å²) in [6, 6.07) is 0. The molecule has 0 aliphatic rings. The lowest BCUT2D eigenvalue weighted by Crippen LogP contribution is -2.40. The first-order valence-corrected chi connectivity index (χ1v) is 4.51. The van der Waals surface area contributed by atoms with E-state index in [1.54, 1.807) is 6.92 Å². The summed E-state index contributed by atoms with van der Waals surface area (Å²) in [6.45, 7) is 7.04. The minimum atomic E-state index is -0.909. The fourth-order valence-corrected chi connectivity index (χ4v) is 1.06. The van der Waals surface area contributed by atoms with Crippen LogP contribution < -0.4 is 5.73 Å². The highest BCUT2D eigenvalue weighted by atomic mass is 16.6. The lowest BCUT2D eigenvalue weighted by atomic mass is 10.1. The molecule has 0 aromatic heterocycles. The monoisotopic (exact) mass is 205 g/mol. The van der Waals surface area contributed by atoms with Crippen LogP contribution in [0.2, 0.25) is 0 Å². The van der Waals surface area contributed by atoms with Gasteiger partial charge in [-0.2, -0.15) is 0 Å². The third-order valence-corrected chi connectivity index (χ3v) is 1.51. The van der Waals surface area contributed by atoms with E-state index in [4.69, 9.17) is 15.6 Å². The third kappa shape index (κ3) is 5.77. The maximum atomic E-state index is 10.5. The van der Waals surface area contributed by atoms with Crippen LogP contribution in [-0.2, 0) is 9.47 Å². The van der Waals surface area contributed by atoms with E-state index in [0.717, 1.165) is 0 Å². The van der Waals surface area contributed by atoms with E-state index in [-0.39, 0.29) is 12.2 Å². The van der Waals surface area contributed by atoms with Crippen molar-refractivity contribution in [1.82, 2.24) is 0 Å². The number of primary amides is 1. The standard InChI is InChI=1S/C9H19NO4/c1-6(14-9(2,3)4)7(5-11)13-8(10)12/h6-7,11H,5H2,1-4H3,(H2,10,12)/t6-,7+/m0/s1. The largest absolute Gasteiger partial charge is 0.441 e. The molecule has 14 heavy (non-hydrogen) atoms. The third-order valence-electron chi connectivity index (χ3n) is 1.51. The number of aliphatic hydroxyl groups excluding tert-OH is 1. The topological polar surface area (TPSA) is 81.8 Å². The summed E-state index contributed by atoms with van der Waals surface area (Å²) in [7, 11) is 0. The number of hydrogen-bond donors (Lipinski definition) is 2. The Morgan fingerprint density at radius 1 is 1.50 bits per heavy atom. The predicted octanol–water partition coefficient (Wildman–Crippen LogP) is 0.646. The molecule has 0 aromatic rings. The number of carbonyl (C=O) groups is 1. The van der Waals surface area contributed by atoms with Crippen molar-refractivity contribution >= 4 is 6.09 Å². The van der Waals surface area contributed by atoms with Crippen LogP contribution in [0, 0.1) is 0 Å². The van der Waals surface area contributed by atoms with Crippen LogP contribution in [0.3, 0.4) is 0 Å². The highest BCUT2D eigenvalue weighted by Crippen LogP contribution is 2.14. The number of nitrogens with two attached hydrogens (primary N) is 1. The van der Waals surface area contributed by atoms with E-state index in [2.05, 4.69) is 4.74 Å². The van der Waals surface area contributed by atoms with E-state index < -0.39 is 18.3 Å². The molecule has 0 saturated heterocycles. The maximum Gasteiger partial charge on any atom is 0.404 e. The average Bonchev–Trinajstić information content (AvgIpc) is 1.96. The van der Waals surface area contributed by atoms with E-state index in [1.165, 1.54) is 0 Å². The molecule has 84 valence electrons.